The van der Waals surface area contributed by atoms with Crippen molar-refractivity contribution in [2.45, 2.75) is 19.8 Å². The van der Waals surface area contributed by atoms with Gasteiger partial charge < -0.3 is 0 Å². The van der Waals surface area contributed by atoms with Gasteiger partial charge in [-0.3, -0.25) is 0 Å². The van der Waals surface area contributed by atoms with Crippen LogP contribution < -0.4 is 0 Å². The highest BCUT2D eigenvalue weighted by molar-refractivity contribution is 7.13. The highest BCUT2D eigenvalue weighted by Crippen LogP contribution is 2.33. The summed E-state index contributed by atoms with van der Waals surface area (Å²) in [4.78, 5) is 1.30. The van der Waals surface area contributed by atoms with Gasteiger partial charge in [0, 0.05) is 10.8 Å². The molecular weight excluding hydrogens is 332 g/mol. The number of benzene rings is 2. The van der Waals surface area contributed by atoms with E-state index in [1.807, 2.05) is 12.2 Å². The van der Waals surface area contributed by atoms with Gasteiger partial charge in [0.2, 0.25) is 0 Å². The largest absolute Gasteiger partial charge is 0.144 e. The Bertz CT molecular complexity index is 925. The summed E-state index contributed by atoms with van der Waals surface area (Å²) in [7, 11) is 0. The summed E-state index contributed by atoms with van der Waals surface area (Å²) in [6.45, 7) is 12.5. The first-order valence-electron chi connectivity index (χ1n) is 8.83. The lowest BCUT2D eigenvalue weighted by atomic mass is 9.87. The molecule has 0 aliphatic heterocycles. The van der Waals surface area contributed by atoms with Gasteiger partial charge in [-0.15, -0.1) is 11.3 Å². The molecule has 0 aliphatic carbocycles. The Balaban J connectivity index is 1.83. The molecule has 0 saturated carbocycles. The minimum atomic E-state index is 0.263. The Kier molecular flexibility index (Phi) is 5.70. The summed E-state index contributed by atoms with van der Waals surface area (Å²) in [6, 6.07) is 19.6. The van der Waals surface area contributed by atoms with Gasteiger partial charge in [-0.2, -0.15) is 0 Å². The third-order valence-electron chi connectivity index (χ3n) is 4.80. The van der Waals surface area contributed by atoms with Gasteiger partial charge in [-0.25, -0.2) is 0 Å². The fourth-order valence-corrected chi connectivity index (χ4v) is 3.76. The van der Waals surface area contributed by atoms with Crippen LogP contribution in [0, 0.1) is 6.92 Å². The van der Waals surface area contributed by atoms with Crippen molar-refractivity contribution < 1.29 is 0 Å². The van der Waals surface area contributed by atoms with Gasteiger partial charge in [-0.1, -0.05) is 86.8 Å². The molecular formula is C25H24S. The zero-order chi connectivity index (χ0) is 18.5. The maximum atomic E-state index is 4.38. The first-order chi connectivity index (χ1) is 12.6. The van der Waals surface area contributed by atoms with Crippen LogP contribution in [-0.2, 0) is 0 Å². The molecule has 1 atom stereocenters. The molecule has 0 nitrogen and oxygen atoms in total. The Hall–Kier alpha value is -2.64. The van der Waals surface area contributed by atoms with E-state index in [0.29, 0.717) is 0 Å². The molecule has 1 unspecified atom stereocenters. The van der Waals surface area contributed by atoms with Crippen molar-refractivity contribution in [2.24, 2.45) is 0 Å². The minimum Gasteiger partial charge on any atom is -0.144 e. The Morgan fingerprint density at radius 1 is 1.08 bits per heavy atom. The van der Waals surface area contributed by atoms with Crippen LogP contribution in [0.5, 0.6) is 0 Å². The van der Waals surface area contributed by atoms with E-state index >= 15 is 0 Å². The summed E-state index contributed by atoms with van der Waals surface area (Å²) in [5.74, 6) is 0.263. The van der Waals surface area contributed by atoms with Crippen LogP contribution in [0.15, 0.2) is 85.3 Å². The lowest BCUT2D eigenvalue weighted by molar-refractivity contribution is 0.989. The average Bonchev–Trinajstić information content (AvgIpc) is 3.21. The molecule has 0 saturated heterocycles. The van der Waals surface area contributed by atoms with Crippen LogP contribution in [0.1, 0.15) is 35.1 Å². The average molecular weight is 357 g/mol. The lowest BCUT2D eigenvalue weighted by Gasteiger charge is -2.17. The Morgan fingerprint density at radius 2 is 1.85 bits per heavy atom. The second-order valence-corrected chi connectivity index (χ2v) is 7.46. The normalized spacial score (nSPS) is 12.2. The zero-order valence-electron chi connectivity index (χ0n) is 15.4. The van der Waals surface area contributed by atoms with E-state index in [4.69, 9.17) is 0 Å². The molecule has 0 fully saturated rings. The summed E-state index contributed by atoms with van der Waals surface area (Å²) in [5, 5.41) is 2.11. The van der Waals surface area contributed by atoms with Crippen LogP contribution in [-0.4, -0.2) is 0 Å². The van der Waals surface area contributed by atoms with E-state index in [2.05, 4.69) is 93.1 Å². The van der Waals surface area contributed by atoms with E-state index in [0.717, 1.165) is 5.57 Å². The fourth-order valence-electron chi connectivity index (χ4n) is 3.02. The lowest BCUT2D eigenvalue weighted by Crippen LogP contribution is -1.98. The molecule has 1 heterocycles. The van der Waals surface area contributed by atoms with Gasteiger partial charge in [0.05, 0.1) is 0 Å². The molecule has 3 aromatic rings. The second-order valence-electron chi connectivity index (χ2n) is 6.51. The highest BCUT2D eigenvalue weighted by atomic mass is 32.1. The van der Waals surface area contributed by atoms with E-state index in [9.17, 15) is 0 Å². The molecule has 0 N–H and O–H groups in total. The molecule has 3 rings (SSSR count). The van der Waals surface area contributed by atoms with Crippen LogP contribution >= 0.6 is 11.3 Å². The summed E-state index contributed by atoms with van der Waals surface area (Å²) < 4.78 is 0. The van der Waals surface area contributed by atoms with Crippen molar-refractivity contribution in [1.29, 1.82) is 0 Å². The van der Waals surface area contributed by atoms with Crippen molar-refractivity contribution in [3.8, 4) is 10.4 Å². The van der Waals surface area contributed by atoms with E-state index < -0.39 is 0 Å². The number of aryl methyl sites for hydroxylation is 1. The molecule has 0 amide bonds. The van der Waals surface area contributed by atoms with Crippen LogP contribution in [0.3, 0.4) is 0 Å². The van der Waals surface area contributed by atoms with Gasteiger partial charge in [0.1, 0.15) is 0 Å². The van der Waals surface area contributed by atoms with Gasteiger partial charge in [-0.05, 0) is 51.8 Å². The maximum Gasteiger partial charge on any atom is 0.0342 e. The maximum absolute atomic E-state index is 4.38. The second kappa shape index (κ2) is 8.16. The fraction of sp³-hybridized carbons (Fsp3) is 0.120. The molecule has 0 spiro atoms. The number of allylic oxidation sites excluding steroid dienone is 3. The monoisotopic (exact) mass is 356 g/mol. The molecule has 1 heteroatoms. The predicted octanol–water partition coefficient (Wildman–Crippen LogP) is 7.74. The SMILES string of the molecule is C=C/C=C\c1cc(C(C)C(=C)c2ccc(-c3cccs3)cc2)ccc1C. The van der Waals surface area contributed by atoms with Crippen molar-refractivity contribution in [3.05, 3.63) is 108 Å². The Labute approximate surface area is 160 Å². The summed E-state index contributed by atoms with van der Waals surface area (Å²) in [5.41, 5.74) is 7.38. The van der Waals surface area contributed by atoms with Crippen LogP contribution in [0.4, 0.5) is 0 Å². The van der Waals surface area contributed by atoms with Crippen LogP contribution in [0.2, 0.25) is 0 Å². The third kappa shape index (κ3) is 3.95. The summed E-state index contributed by atoms with van der Waals surface area (Å²) >= 11 is 1.77. The van der Waals surface area contributed by atoms with Crippen molar-refractivity contribution in [2.75, 3.05) is 0 Å². The zero-order valence-corrected chi connectivity index (χ0v) is 16.2. The predicted molar refractivity (Wildman–Crippen MR) is 118 cm³/mol. The molecule has 26 heavy (non-hydrogen) atoms. The van der Waals surface area contributed by atoms with Crippen molar-refractivity contribution in [1.82, 2.24) is 0 Å². The number of hydrogen-bond acceptors (Lipinski definition) is 1. The number of thiophene rings is 1. The first-order valence-corrected chi connectivity index (χ1v) is 9.71. The molecule has 1 aromatic heterocycles. The van der Waals surface area contributed by atoms with Crippen LogP contribution in [0.25, 0.3) is 22.1 Å². The van der Waals surface area contributed by atoms with E-state index in [-0.39, 0.29) is 5.92 Å². The topological polar surface area (TPSA) is 0 Å². The highest BCUT2D eigenvalue weighted by Gasteiger charge is 2.13. The molecule has 2 aromatic carbocycles. The van der Waals surface area contributed by atoms with Gasteiger partial charge >= 0.3 is 0 Å². The molecule has 0 aliphatic rings. The summed E-state index contributed by atoms with van der Waals surface area (Å²) in [6.07, 6.45) is 5.90. The van der Waals surface area contributed by atoms with Crippen molar-refractivity contribution >= 4 is 23.0 Å². The first kappa shape index (κ1) is 18.2. The minimum absolute atomic E-state index is 0.263. The number of rotatable bonds is 6. The van der Waals surface area contributed by atoms with Crippen molar-refractivity contribution in [3.63, 3.8) is 0 Å². The third-order valence-corrected chi connectivity index (χ3v) is 5.72. The standard InChI is InChI=1S/C25H24S/c1-5-6-8-23-17-24(11-10-18(23)2)20(4)19(3)21-12-14-22(15-13-21)25-9-7-16-26-25/h5-17,20H,1,3H2,2,4H3/b8-6-. The number of hydrogen-bond donors (Lipinski definition) is 0. The smallest absolute Gasteiger partial charge is 0.0342 e. The molecule has 0 radical (unpaired) electrons. The van der Waals surface area contributed by atoms with Gasteiger partial charge in [0.15, 0.2) is 0 Å². The van der Waals surface area contributed by atoms with E-state index in [1.165, 1.54) is 32.7 Å². The van der Waals surface area contributed by atoms with E-state index in [1.54, 1.807) is 11.3 Å². The Morgan fingerprint density at radius 3 is 2.50 bits per heavy atom. The quantitative estimate of drug-likeness (QED) is 0.396. The molecule has 130 valence electrons. The molecule has 0 bridgehead atoms. The van der Waals surface area contributed by atoms with Gasteiger partial charge in [0.25, 0.3) is 0 Å².